The molecule has 1 aromatic carbocycles. The molecule has 0 aliphatic rings. The zero-order chi connectivity index (χ0) is 13.0. The summed E-state index contributed by atoms with van der Waals surface area (Å²) in [4.78, 5) is 11.7. The van der Waals surface area contributed by atoms with Crippen molar-refractivity contribution in [2.45, 2.75) is 18.0 Å². The third kappa shape index (κ3) is 4.07. The summed E-state index contributed by atoms with van der Waals surface area (Å²) in [6, 6.07) is 6.81. The highest BCUT2D eigenvalue weighted by Gasteiger charge is 2.22. The summed E-state index contributed by atoms with van der Waals surface area (Å²) >= 11 is 11.0. The van der Waals surface area contributed by atoms with Crippen LogP contribution < -0.4 is 5.32 Å². The highest BCUT2D eigenvalue weighted by Crippen LogP contribution is 2.13. The summed E-state index contributed by atoms with van der Waals surface area (Å²) in [6.07, 6.45) is -1.25. The molecule has 94 valence electrons. The third-order valence-corrected chi connectivity index (χ3v) is 2.70. The molecule has 0 heterocycles. The number of aliphatic hydroxyl groups is 1. The van der Waals surface area contributed by atoms with Crippen molar-refractivity contribution >= 4 is 34.9 Å². The van der Waals surface area contributed by atoms with Gasteiger partial charge in [-0.25, -0.2) is 4.79 Å². The highest BCUT2D eigenvalue weighted by molar-refractivity contribution is 6.44. The summed E-state index contributed by atoms with van der Waals surface area (Å²) in [6.45, 7) is 1.95. The Balaban J connectivity index is 2.63. The van der Waals surface area contributed by atoms with Gasteiger partial charge < -0.3 is 10.4 Å². The van der Waals surface area contributed by atoms with Crippen molar-refractivity contribution in [3.05, 3.63) is 29.8 Å². The van der Waals surface area contributed by atoms with Gasteiger partial charge in [0, 0.05) is 12.7 Å². The molecule has 0 radical (unpaired) electrons. The molecule has 0 saturated carbocycles. The average Bonchev–Trinajstić information content (AvgIpc) is 2.30. The van der Waals surface area contributed by atoms with Crippen molar-refractivity contribution in [1.29, 1.82) is 0 Å². The first-order chi connectivity index (χ1) is 7.91. The van der Waals surface area contributed by atoms with Crippen molar-refractivity contribution in [3.8, 4) is 0 Å². The quantitative estimate of drug-likeness (QED) is 0.659. The number of amides is 2. The molecule has 0 aliphatic carbocycles. The number of rotatable bonds is 3. The Morgan fingerprint density at radius 3 is 2.35 bits per heavy atom. The van der Waals surface area contributed by atoms with Crippen molar-refractivity contribution in [3.63, 3.8) is 0 Å². The van der Waals surface area contributed by atoms with E-state index < -0.39 is 17.1 Å². The summed E-state index contributed by atoms with van der Waals surface area (Å²) < 4.78 is 0. The van der Waals surface area contributed by atoms with Crippen LogP contribution in [0.2, 0.25) is 0 Å². The van der Waals surface area contributed by atoms with E-state index in [4.69, 9.17) is 23.2 Å². The Morgan fingerprint density at radius 2 is 1.88 bits per heavy atom. The van der Waals surface area contributed by atoms with Crippen molar-refractivity contribution in [2.75, 3.05) is 12.4 Å². The zero-order valence-corrected chi connectivity index (χ0v) is 11.0. The Kier molecular flexibility index (Phi) is 5.05. The van der Waals surface area contributed by atoms with Gasteiger partial charge in [-0.05, 0) is 19.1 Å². The molecule has 17 heavy (non-hydrogen) atoms. The van der Waals surface area contributed by atoms with Gasteiger partial charge in [0.05, 0.1) is 0 Å². The van der Waals surface area contributed by atoms with Gasteiger partial charge in [-0.3, -0.25) is 4.90 Å². The number of carbonyl (C=O) groups excluding carboxylic acids is 1. The van der Waals surface area contributed by atoms with E-state index >= 15 is 0 Å². The van der Waals surface area contributed by atoms with E-state index in [0.29, 0.717) is 5.69 Å². The maximum atomic E-state index is 11.7. The molecule has 4 nitrogen and oxygen atoms in total. The first kappa shape index (κ1) is 14.1. The maximum Gasteiger partial charge on any atom is 0.323 e. The van der Waals surface area contributed by atoms with Gasteiger partial charge in [-0.15, -0.1) is 23.2 Å². The van der Waals surface area contributed by atoms with Crippen molar-refractivity contribution in [2.24, 2.45) is 0 Å². The second-order valence-electron chi connectivity index (χ2n) is 3.66. The van der Waals surface area contributed by atoms with Gasteiger partial charge in [0.15, 0.2) is 11.1 Å². The number of alkyl halides is 2. The molecule has 1 unspecified atom stereocenters. The molecule has 0 spiro atoms. The van der Waals surface area contributed by atoms with Crippen LogP contribution in [0.4, 0.5) is 10.5 Å². The Hall–Kier alpha value is -0.970. The molecule has 2 amide bonds. The molecular formula is C11H14Cl2N2O2. The van der Waals surface area contributed by atoms with Crippen LogP contribution in [-0.4, -0.2) is 34.1 Å². The van der Waals surface area contributed by atoms with Gasteiger partial charge in [-0.2, -0.15) is 0 Å². The standard InChI is InChI=1S/C11H14Cl2N2O2/c1-7-3-5-8(6-4-7)14-11(17)15(2)10(16)9(12)13/h3-6,9-10,16H,1-2H3,(H,14,17). The van der Waals surface area contributed by atoms with Gasteiger partial charge in [0.2, 0.25) is 0 Å². The molecule has 2 N–H and O–H groups in total. The lowest BCUT2D eigenvalue weighted by atomic mass is 10.2. The maximum absolute atomic E-state index is 11.7. The number of benzene rings is 1. The normalized spacial score (nSPS) is 12.4. The fourth-order valence-electron chi connectivity index (χ4n) is 1.14. The lowest BCUT2D eigenvalue weighted by Crippen LogP contribution is -2.43. The van der Waals surface area contributed by atoms with Gasteiger partial charge >= 0.3 is 6.03 Å². The van der Waals surface area contributed by atoms with Gasteiger partial charge in [0.1, 0.15) is 0 Å². The number of aliphatic hydroxyl groups excluding tert-OH is 1. The number of hydrogen-bond acceptors (Lipinski definition) is 2. The van der Waals surface area contributed by atoms with Crippen molar-refractivity contribution < 1.29 is 9.90 Å². The molecule has 1 atom stereocenters. The number of urea groups is 1. The van der Waals surface area contributed by atoms with Crippen LogP contribution in [0.25, 0.3) is 0 Å². The number of hydrogen-bond donors (Lipinski definition) is 2. The average molecular weight is 277 g/mol. The van der Waals surface area contributed by atoms with E-state index in [1.807, 2.05) is 19.1 Å². The van der Waals surface area contributed by atoms with Crippen LogP contribution >= 0.6 is 23.2 Å². The first-order valence-corrected chi connectivity index (χ1v) is 5.86. The lowest BCUT2D eigenvalue weighted by molar-refractivity contribution is 0.0625. The minimum Gasteiger partial charge on any atom is -0.371 e. The first-order valence-electron chi connectivity index (χ1n) is 4.98. The second-order valence-corrected chi connectivity index (χ2v) is 4.82. The SMILES string of the molecule is Cc1ccc(NC(=O)N(C)C(O)C(Cl)Cl)cc1. The molecule has 0 aromatic heterocycles. The number of carbonyl (C=O) groups is 1. The van der Waals surface area contributed by atoms with E-state index in [1.54, 1.807) is 12.1 Å². The summed E-state index contributed by atoms with van der Waals surface area (Å²) in [5, 5.41) is 12.1. The molecular weight excluding hydrogens is 263 g/mol. The van der Waals surface area contributed by atoms with E-state index in [1.165, 1.54) is 7.05 Å². The zero-order valence-electron chi connectivity index (χ0n) is 9.52. The Bertz CT molecular complexity index is 382. The predicted molar refractivity (Wildman–Crippen MR) is 69.5 cm³/mol. The van der Waals surface area contributed by atoms with Gasteiger partial charge in [-0.1, -0.05) is 17.7 Å². The fourth-order valence-corrected chi connectivity index (χ4v) is 1.48. The largest absolute Gasteiger partial charge is 0.371 e. The van der Waals surface area contributed by atoms with E-state index in [2.05, 4.69) is 5.32 Å². The number of nitrogens with one attached hydrogen (secondary N) is 1. The molecule has 1 rings (SSSR count). The summed E-state index contributed by atoms with van der Waals surface area (Å²) in [5.41, 5.74) is 1.73. The minimum absolute atomic E-state index is 0.479. The van der Waals surface area contributed by atoms with Gasteiger partial charge in [0.25, 0.3) is 0 Å². The van der Waals surface area contributed by atoms with E-state index in [9.17, 15) is 9.90 Å². The lowest BCUT2D eigenvalue weighted by Gasteiger charge is -2.24. The third-order valence-electron chi connectivity index (χ3n) is 2.25. The van der Waals surface area contributed by atoms with Crippen LogP contribution in [0, 0.1) is 6.92 Å². The predicted octanol–water partition coefficient (Wildman–Crippen LogP) is 2.58. The van der Waals surface area contributed by atoms with Crippen LogP contribution in [0.3, 0.4) is 0 Å². The molecule has 1 aromatic rings. The Morgan fingerprint density at radius 1 is 1.35 bits per heavy atom. The highest BCUT2D eigenvalue weighted by atomic mass is 35.5. The molecule has 0 bridgehead atoms. The summed E-state index contributed by atoms with van der Waals surface area (Å²) in [5.74, 6) is 0. The van der Waals surface area contributed by atoms with Crippen LogP contribution in [0.15, 0.2) is 24.3 Å². The smallest absolute Gasteiger partial charge is 0.323 e. The number of anilines is 1. The van der Waals surface area contributed by atoms with Crippen LogP contribution in [0.5, 0.6) is 0 Å². The molecule has 0 fully saturated rings. The van der Waals surface area contributed by atoms with E-state index in [-0.39, 0.29) is 0 Å². The second kappa shape index (κ2) is 6.10. The number of nitrogens with zero attached hydrogens (tertiary/aromatic N) is 1. The van der Waals surface area contributed by atoms with Crippen LogP contribution in [0.1, 0.15) is 5.56 Å². The Labute approximate surface area is 110 Å². The van der Waals surface area contributed by atoms with Crippen LogP contribution in [-0.2, 0) is 0 Å². The number of aryl methyl sites for hydroxylation is 1. The summed E-state index contributed by atoms with van der Waals surface area (Å²) in [7, 11) is 1.41. The minimum atomic E-state index is -1.25. The molecule has 0 aliphatic heterocycles. The molecule has 0 saturated heterocycles. The monoisotopic (exact) mass is 276 g/mol. The number of halogens is 2. The topological polar surface area (TPSA) is 52.6 Å². The van der Waals surface area contributed by atoms with Crippen molar-refractivity contribution in [1.82, 2.24) is 4.90 Å². The fraction of sp³-hybridized carbons (Fsp3) is 0.364. The van der Waals surface area contributed by atoms with E-state index in [0.717, 1.165) is 10.5 Å². The molecule has 6 heteroatoms.